The Bertz CT molecular complexity index is 383. The molecule has 0 aliphatic rings. The molecule has 0 atom stereocenters. The third-order valence-corrected chi connectivity index (χ3v) is 1.08. The van der Waals surface area contributed by atoms with Gasteiger partial charge < -0.3 is 10.2 Å². The lowest BCUT2D eigenvalue weighted by atomic mass is 10.4. The Balaban J connectivity index is 2.69. The lowest BCUT2D eigenvalue weighted by Crippen LogP contribution is -2.24. The predicted molar refractivity (Wildman–Crippen MR) is 45.3 cm³/mol. The number of hydrogen-bond donors (Lipinski definition) is 2. The van der Waals surface area contributed by atoms with Crippen LogP contribution in [0.25, 0.3) is 0 Å². The maximum atomic E-state index is 10.6. The molecule has 68 valence electrons. The van der Waals surface area contributed by atoms with Gasteiger partial charge in [-0.3, -0.25) is 0 Å². The first-order valence-electron chi connectivity index (χ1n) is 3.37. The van der Waals surface area contributed by atoms with Gasteiger partial charge in [0.1, 0.15) is 0 Å². The van der Waals surface area contributed by atoms with Gasteiger partial charge in [0.2, 0.25) is 0 Å². The Kier molecular flexibility index (Phi) is 2.80. The molecule has 0 aliphatic heterocycles. The average molecular weight is 181 g/mol. The van der Waals surface area contributed by atoms with Gasteiger partial charge in [-0.15, -0.1) is 0 Å². The van der Waals surface area contributed by atoms with Crippen LogP contribution in [0.15, 0.2) is 32.5 Å². The van der Waals surface area contributed by atoms with E-state index in [1.165, 1.54) is 24.4 Å². The fourth-order valence-corrected chi connectivity index (χ4v) is 0.635. The third kappa shape index (κ3) is 3.19. The summed E-state index contributed by atoms with van der Waals surface area (Å²) in [6, 6.07) is 3.51. The topological polar surface area (TPSA) is 97.7 Å². The fraction of sp³-hybridized carbons (Fsp3) is 0. The largest absolute Gasteiger partial charge is 0.422 e. The quantitative estimate of drug-likeness (QED) is 0.481. The Morgan fingerprint density at radius 2 is 2.38 bits per heavy atom. The van der Waals surface area contributed by atoms with E-state index >= 15 is 0 Å². The van der Waals surface area contributed by atoms with Crippen LogP contribution in [-0.4, -0.2) is 12.2 Å². The zero-order chi connectivity index (χ0) is 9.68. The molecule has 0 aliphatic carbocycles. The molecule has 13 heavy (non-hydrogen) atoms. The van der Waals surface area contributed by atoms with Crippen LogP contribution in [-0.2, 0) is 0 Å². The van der Waals surface area contributed by atoms with Crippen molar-refractivity contribution in [2.45, 2.75) is 0 Å². The second kappa shape index (κ2) is 4.05. The molecule has 0 aromatic carbocycles. The number of urea groups is 1. The summed E-state index contributed by atoms with van der Waals surface area (Å²) in [4.78, 5) is 20.8. The second-order valence-corrected chi connectivity index (χ2v) is 2.08. The Labute approximate surface area is 73.0 Å². The van der Waals surface area contributed by atoms with E-state index in [0.717, 1.165) is 0 Å². The van der Waals surface area contributed by atoms with Gasteiger partial charge in [0.15, 0.2) is 5.76 Å². The molecule has 1 aromatic heterocycles. The maximum absolute atomic E-state index is 10.6. The van der Waals surface area contributed by atoms with Crippen LogP contribution < -0.4 is 16.8 Å². The standard InChI is InChI=1S/C7H7N3O3/c8-7(12)10-9-4-5-2-1-3-6(11)13-5/h1-4H,(H3,8,10,12)/b9-4+. The summed E-state index contributed by atoms with van der Waals surface area (Å²) in [5.74, 6) is 0.237. The van der Waals surface area contributed by atoms with Crippen LogP contribution in [0.1, 0.15) is 5.76 Å². The first-order valence-corrected chi connectivity index (χ1v) is 3.37. The summed E-state index contributed by atoms with van der Waals surface area (Å²) in [6.45, 7) is 0. The number of hydrogen-bond acceptors (Lipinski definition) is 4. The highest BCUT2D eigenvalue weighted by Gasteiger charge is 1.90. The molecule has 1 aromatic rings. The molecule has 0 saturated heterocycles. The van der Waals surface area contributed by atoms with Crippen LogP contribution in [0.2, 0.25) is 0 Å². The maximum Gasteiger partial charge on any atom is 0.336 e. The number of hydrazone groups is 1. The first-order chi connectivity index (χ1) is 6.18. The Hall–Kier alpha value is -2.11. The smallest absolute Gasteiger partial charge is 0.336 e. The van der Waals surface area contributed by atoms with E-state index in [4.69, 9.17) is 5.73 Å². The minimum Gasteiger partial charge on any atom is -0.422 e. The lowest BCUT2D eigenvalue weighted by molar-refractivity contribution is 0.249. The van der Waals surface area contributed by atoms with Gasteiger partial charge in [0.05, 0.1) is 6.21 Å². The van der Waals surface area contributed by atoms with Crippen molar-refractivity contribution in [3.63, 3.8) is 0 Å². The van der Waals surface area contributed by atoms with E-state index in [2.05, 4.69) is 9.52 Å². The molecule has 6 heteroatoms. The van der Waals surface area contributed by atoms with Crippen molar-refractivity contribution in [1.29, 1.82) is 0 Å². The molecule has 0 spiro atoms. The SMILES string of the molecule is NC(=O)N/N=C/c1cccc(=O)o1. The summed E-state index contributed by atoms with van der Waals surface area (Å²) in [7, 11) is 0. The second-order valence-electron chi connectivity index (χ2n) is 2.08. The van der Waals surface area contributed by atoms with Gasteiger partial charge in [-0.1, -0.05) is 6.07 Å². The van der Waals surface area contributed by atoms with Crippen molar-refractivity contribution in [1.82, 2.24) is 5.43 Å². The van der Waals surface area contributed by atoms with Crippen LogP contribution in [0.4, 0.5) is 4.79 Å². The van der Waals surface area contributed by atoms with Crippen LogP contribution in [0, 0.1) is 0 Å². The summed E-state index contributed by atoms with van der Waals surface area (Å²) >= 11 is 0. The number of nitrogens with two attached hydrogens (primary N) is 1. The molecular weight excluding hydrogens is 174 g/mol. The Morgan fingerprint density at radius 3 is 3.00 bits per heavy atom. The molecular formula is C7H7N3O3. The van der Waals surface area contributed by atoms with Crippen molar-refractivity contribution in [3.8, 4) is 0 Å². The Morgan fingerprint density at radius 1 is 1.62 bits per heavy atom. The van der Waals surface area contributed by atoms with Crippen molar-refractivity contribution >= 4 is 12.2 Å². The first kappa shape index (κ1) is 8.98. The summed E-state index contributed by atoms with van der Waals surface area (Å²) in [5, 5.41) is 3.40. The van der Waals surface area contributed by atoms with Crippen molar-refractivity contribution in [3.05, 3.63) is 34.4 Å². The van der Waals surface area contributed by atoms with E-state index < -0.39 is 11.7 Å². The van der Waals surface area contributed by atoms with Crippen LogP contribution in [0.3, 0.4) is 0 Å². The van der Waals surface area contributed by atoms with Gasteiger partial charge >= 0.3 is 11.7 Å². The zero-order valence-corrected chi connectivity index (χ0v) is 6.56. The number of nitrogens with zero attached hydrogens (tertiary/aromatic N) is 1. The van der Waals surface area contributed by atoms with Gasteiger partial charge in [-0.25, -0.2) is 15.0 Å². The summed E-state index contributed by atoms with van der Waals surface area (Å²) in [5.41, 5.74) is 6.21. The van der Waals surface area contributed by atoms with E-state index in [1.807, 2.05) is 5.43 Å². The molecule has 0 fully saturated rings. The highest BCUT2D eigenvalue weighted by atomic mass is 16.4. The van der Waals surface area contributed by atoms with Gasteiger partial charge in [-0.2, -0.15) is 5.10 Å². The molecule has 0 bridgehead atoms. The molecule has 2 amide bonds. The van der Waals surface area contributed by atoms with Crippen molar-refractivity contribution in [2.24, 2.45) is 10.8 Å². The van der Waals surface area contributed by atoms with Crippen LogP contribution in [0.5, 0.6) is 0 Å². The summed E-state index contributed by atoms with van der Waals surface area (Å²) in [6.07, 6.45) is 1.17. The number of rotatable bonds is 2. The molecule has 0 unspecified atom stereocenters. The number of carbonyl (C=O) groups is 1. The van der Waals surface area contributed by atoms with Gasteiger partial charge in [0, 0.05) is 6.07 Å². The predicted octanol–water partition coefficient (Wildman–Crippen LogP) is -0.358. The molecule has 0 radical (unpaired) electrons. The lowest BCUT2D eigenvalue weighted by Gasteiger charge is -1.90. The van der Waals surface area contributed by atoms with E-state index in [1.54, 1.807) is 0 Å². The minimum atomic E-state index is -0.783. The highest BCUT2D eigenvalue weighted by Crippen LogP contribution is 1.88. The molecule has 3 N–H and O–H groups in total. The van der Waals surface area contributed by atoms with E-state index in [-0.39, 0.29) is 5.76 Å². The third-order valence-electron chi connectivity index (χ3n) is 1.08. The van der Waals surface area contributed by atoms with Gasteiger partial charge in [0.25, 0.3) is 0 Å². The number of primary amides is 1. The fourth-order valence-electron chi connectivity index (χ4n) is 0.635. The van der Waals surface area contributed by atoms with Crippen molar-refractivity contribution < 1.29 is 9.21 Å². The molecule has 0 saturated carbocycles. The summed E-state index contributed by atoms with van der Waals surface area (Å²) < 4.78 is 4.66. The normalized spacial score (nSPS) is 10.2. The number of amides is 2. The monoisotopic (exact) mass is 181 g/mol. The van der Waals surface area contributed by atoms with E-state index in [9.17, 15) is 9.59 Å². The molecule has 1 heterocycles. The van der Waals surface area contributed by atoms with Crippen LogP contribution >= 0.6 is 0 Å². The highest BCUT2D eigenvalue weighted by molar-refractivity contribution is 5.78. The average Bonchev–Trinajstić information content (AvgIpc) is 2.03. The van der Waals surface area contributed by atoms with Crippen molar-refractivity contribution in [2.75, 3.05) is 0 Å². The zero-order valence-electron chi connectivity index (χ0n) is 6.56. The van der Waals surface area contributed by atoms with E-state index in [0.29, 0.717) is 0 Å². The number of carbonyl (C=O) groups excluding carboxylic acids is 1. The molecule has 1 rings (SSSR count). The van der Waals surface area contributed by atoms with Gasteiger partial charge in [-0.05, 0) is 6.07 Å². The molecule has 6 nitrogen and oxygen atoms in total. The minimum absolute atomic E-state index is 0.237. The number of nitrogens with one attached hydrogen (secondary N) is 1.